The Morgan fingerprint density at radius 1 is 0.537 bits per heavy atom. The summed E-state index contributed by atoms with van der Waals surface area (Å²) in [5, 5.41) is 9.50. The number of ether oxygens (including phenoxy) is 2. The van der Waals surface area contributed by atoms with Gasteiger partial charge >= 0.3 is 11.9 Å². The lowest BCUT2D eigenvalue weighted by molar-refractivity contribution is -0.161. The van der Waals surface area contributed by atoms with Gasteiger partial charge in [-0.3, -0.25) is 9.59 Å². The monoisotopic (exact) mass is 581 g/mol. The topological polar surface area (TPSA) is 72.8 Å². The second-order valence-corrected chi connectivity index (χ2v) is 12.0. The highest BCUT2D eigenvalue weighted by Crippen LogP contribution is 2.13. The number of hydrogen-bond acceptors (Lipinski definition) is 5. The summed E-state index contributed by atoms with van der Waals surface area (Å²) in [4.78, 5) is 24.1. The lowest BCUT2D eigenvalue weighted by Gasteiger charge is -2.15. The van der Waals surface area contributed by atoms with Gasteiger partial charge in [0.05, 0.1) is 6.61 Å². The van der Waals surface area contributed by atoms with Gasteiger partial charge in [0.1, 0.15) is 6.61 Å². The van der Waals surface area contributed by atoms with Crippen molar-refractivity contribution in [2.45, 2.75) is 193 Å². The molecule has 0 aliphatic carbocycles. The van der Waals surface area contributed by atoms with Gasteiger partial charge in [-0.25, -0.2) is 0 Å². The molecule has 0 heterocycles. The van der Waals surface area contributed by atoms with Gasteiger partial charge in [-0.05, 0) is 38.5 Å². The van der Waals surface area contributed by atoms with Crippen molar-refractivity contribution in [2.24, 2.45) is 0 Å². The maximum atomic E-state index is 12.1. The highest BCUT2D eigenvalue weighted by atomic mass is 16.6. The van der Waals surface area contributed by atoms with Crippen LogP contribution in [-0.2, 0) is 19.1 Å². The molecule has 0 saturated heterocycles. The molecule has 0 rings (SSSR count). The summed E-state index contributed by atoms with van der Waals surface area (Å²) >= 11 is 0. The normalized spacial score (nSPS) is 12.2. The molecule has 0 aromatic rings. The van der Waals surface area contributed by atoms with E-state index in [1.54, 1.807) is 0 Å². The van der Waals surface area contributed by atoms with E-state index in [1.807, 2.05) is 0 Å². The van der Waals surface area contributed by atoms with Gasteiger partial charge in [0.25, 0.3) is 0 Å². The Labute approximate surface area is 254 Å². The molecule has 0 fully saturated rings. The van der Waals surface area contributed by atoms with Gasteiger partial charge in [0, 0.05) is 12.8 Å². The third-order valence-electron chi connectivity index (χ3n) is 7.81. The van der Waals surface area contributed by atoms with Gasteiger partial charge in [-0.15, -0.1) is 0 Å². The van der Waals surface area contributed by atoms with Crippen LogP contribution in [0.15, 0.2) is 12.2 Å². The van der Waals surface area contributed by atoms with Crippen molar-refractivity contribution in [1.82, 2.24) is 0 Å². The molecule has 242 valence electrons. The van der Waals surface area contributed by atoms with E-state index in [2.05, 4.69) is 26.0 Å². The number of unbranched alkanes of at least 4 members (excludes halogenated alkanes) is 22. The molecule has 0 radical (unpaired) electrons. The third kappa shape index (κ3) is 31.4. The zero-order chi connectivity index (χ0) is 30.1. The van der Waals surface area contributed by atoms with Crippen LogP contribution in [0.3, 0.4) is 0 Å². The fourth-order valence-corrected chi connectivity index (χ4v) is 5.08. The number of esters is 2. The number of hydrogen-bond donors (Lipinski definition) is 1. The molecule has 1 atom stereocenters. The van der Waals surface area contributed by atoms with Crippen molar-refractivity contribution in [3.8, 4) is 0 Å². The van der Waals surface area contributed by atoms with Gasteiger partial charge in [-0.2, -0.15) is 0 Å². The molecule has 1 N–H and O–H groups in total. The van der Waals surface area contributed by atoms with E-state index >= 15 is 0 Å². The number of aliphatic hydroxyl groups excluding tert-OH is 1. The molecular formula is C36H68O5. The van der Waals surface area contributed by atoms with E-state index in [9.17, 15) is 14.7 Å². The van der Waals surface area contributed by atoms with E-state index in [1.165, 1.54) is 122 Å². The molecule has 0 aromatic carbocycles. The summed E-state index contributed by atoms with van der Waals surface area (Å²) in [6.07, 6.45) is 35.5. The molecule has 0 amide bonds. The van der Waals surface area contributed by atoms with Gasteiger partial charge in [-0.1, -0.05) is 148 Å². The number of aliphatic hydroxyl groups is 1. The number of carbonyl (C=O) groups is 2. The van der Waals surface area contributed by atoms with Crippen LogP contribution in [0.5, 0.6) is 0 Å². The predicted molar refractivity (Wildman–Crippen MR) is 173 cm³/mol. The van der Waals surface area contributed by atoms with Crippen LogP contribution in [0.1, 0.15) is 187 Å². The van der Waals surface area contributed by atoms with Crippen LogP contribution < -0.4 is 0 Å². The zero-order valence-corrected chi connectivity index (χ0v) is 27.3. The van der Waals surface area contributed by atoms with E-state index in [0.29, 0.717) is 12.8 Å². The average molecular weight is 581 g/mol. The number of allylic oxidation sites excluding steroid dienone is 2. The first-order valence-corrected chi connectivity index (χ1v) is 17.7. The van der Waals surface area contributed by atoms with Crippen LogP contribution in [0.4, 0.5) is 0 Å². The molecule has 5 heteroatoms. The predicted octanol–water partition coefficient (Wildman–Crippen LogP) is 10.6. The molecule has 0 aliphatic rings. The fourth-order valence-electron chi connectivity index (χ4n) is 5.08. The van der Waals surface area contributed by atoms with Crippen molar-refractivity contribution in [3.63, 3.8) is 0 Å². The Morgan fingerprint density at radius 3 is 1.32 bits per heavy atom. The second kappa shape index (κ2) is 33.1. The second-order valence-electron chi connectivity index (χ2n) is 12.0. The quantitative estimate of drug-likeness (QED) is 0.0487. The van der Waals surface area contributed by atoms with E-state index in [4.69, 9.17) is 9.47 Å². The van der Waals surface area contributed by atoms with Gasteiger partial charge in [0.15, 0.2) is 6.10 Å². The van der Waals surface area contributed by atoms with E-state index < -0.39 is 6.10 Å². The summed E-state index contributed by atoms with van der Waals surface area (Å²) in [6.45, 7) is 4.11. The van der Waals surface area contributed by atoms with Gasteiger partial charge in [0.2, 0.25) is 0 Å². The number of carbonyl (C=O) groups excluding carboxylic acids is 2. The largest absolute Gasteiger partial charge is 0.462 e. The summed E-state index contributed by atoms with van der Waals surface area (Å²) in [5.74, 6) is -0.592. The van der Waals surface area contributed by atoms with Crippen molar-refractivity contribution >= 4 is 11.9 Å². The third-order valence-corrected chi connectivity index (χ3v) is 7.81. The smallest absolute Gasteiger partial charge is 0.306 e. The highest BCUT2D eigenvalue weighted by molar-refractivity contribution is 5.70. The molecule has 0 aromatic heterocycles. The molecule has 0 unspecified atom stereocenters. The van der Waals surface area contributed by atoms with Crippen molar-refractivity contribution in [2.75, 3.05) is 13.2 Å². The summed E-state index contributed by atoms with van der Waals surface area (Å²) in [7, 11) is 0. The van der Waals surface area contributed by atoms with E-state index in [-0.39, 0.29) is 25.2 Å². The lowest BCUT2D eigenvalue weighted by atomic mass is 10.1. The SMILES string of the molecule is CCCCCCCC/C=C\CCCCCCCCCC(=O)O[C@@H](CO)COC(=O)CCCCCCCCCCCC. The van der Waals surface area contributed by atoms with Crippen LogP contribution in [0.25, 0.3) is 0 Å². The van der Waals surface area contributed by atoms with Crippen LogP contribution in [-0.4, -0.2) is 36.4 Å². The average Bonchev–Trinajstić information content (AvgIpc) is 2.97. The van der Waals surface area contributed by atoms with Crippen LogP contribution in [0, 0.1) is 0 Å². The molecular weight excluding hydrogens is 512 g/mol. The van der Waals surface area contributed by atoms with Crippen molar-refractivity contribution in [1.29, 1.82) is 0 Å². The zero-order valence-electron chi connectivity index (χ0n) is 27.3. The first kappa shape index (κ1) is 39.6. The molecule has 41 heavy (non-hydrogen) atoms. The Kier molecular flexibility index (Phi) is 32.0. The van der Waals surface area contributed by atoms with Crippen LogP contribution >= 0.6 is 0 Å². The highest BCUT2D eigenvalue weighted by Gasteiger charge is 2.16. The molecule has 0 aliphatic heterocycles. The Bertz CT molecular complexity index is 589. The fraction of sp³-hybridized carbons (Fsp3) is 0.889. The molecule has 0 bridgehead atoms. The molecule has 0 spiro atoms. The summed E-state index contributed by atoms with van der Waals surface area (Å²) in [5.41, 5.74) is 0. The minimum atomic E-state index is -0.765. The summed E-state index contributed by atoms with van der Waals surface area (Å²) in [6, 6.07) is 0. The lowest BCUT2D eigenvalue weighted by Crippen LogP contribution is -2.28. The van der Waals surface area contributed by atoms with Gasteiger partial charge < -0.3 is 14.6 Å². The molecule has 0 saturated carbocycles. The van der Waals surface area contributed by atoms with Crippen molar-refractivity contribution in [3.05, 3.63) is 12.2 Å². The first-order valence-electron chi connectivity index (χ1n) is 17.7. The minimum absolute atomic E-state index is 0.0624. The Morgan fingerprint density at radius 2 is 0.902 bits per heavy atom. The maximum absolute atomic E-state index is 12.1. The molecule has 5 nitrogen and oxygen atoms in total. The standard InChI is InChI=1S/C36H68O5/c1-3-5-7-9-11-13-15-16-17-18-19-20-21-23-25-27-29-31-36(39)41-34(32-37)33-40-35(38)30-28-26-24-22-14-12-10-8-6-4-2/h16-17,34,37H,3-15,18-33H2,1-2H3/b17-16-/t34-/m0/s1. The van der Waals surface area contributed by atoms with Crippen molar-refractivity contribution < 1.29 is 24.2 Å². The Balaban J connectivity index is 3.54. The maximum Gasteiger partial charge on any atom is 0.306 e. The van der Waals surface area contributed by atoms with Crippen LogP contribution in [0.2, 0.25) is 0 Å². The minimum Gasteiger partial charge on any atom is -0.462 e. The number of rotatable bonds is 32. The Hall–Kier alpha value is -1.36. The van der Waals surface area contributed by atoms with E-state index in [0.717, 1.165) is 38.5 Å². The summed E-state index contributed by atoms with van der Waals surface area (Å²) < 4.78 is 10.5. The first-order chi connectivity index (χ1) is 20.1.